The molecule has 1 fully saturated rings. The molecule has 6 nitrogen and oxygen atoms in total. The van der Waals surface area contributed by atoms with Gasteiger partial charge in [0.1, 0.15) is 5.69 Å². The smallest absolute Gasteiger partial charge is 0.221 e. The Bertz CT molecular complexity index is 612. The number of rotatable bonds is 5. The third kappa shape index (κ3) is 4.79. The first-order valence-corrected chi connectivity index (χ1v) is 7.38. The van der Waals surface area contributed by atoms with Gasteiger partial charge in [-0.25, -0.2) is 4.98 Å². The molecule has 1 amide bonds. The van der Waals surface area contributed by atoms with Crippen LogP contribution in [0.15, 0.2) is 41.1 Å². The first-order valence-electron chi connectivity index (χ1n) is 7.38. The summed E-state index contributed by atoms with van der Waals surface area (Å²) < 4.78 is 10.8. The van der Waals surface area contributed by atoms with Crippen LogP contribution in [0.4, 0.5) is 0 Å². The predicted molar refractivity (Wildman–Crippen MR) is 88.3 cm³/mol. The number of benzene rings is 1. The largest absolute Gasteiger partial charge is 0.443 e. The van der Waals surface area contributed by atoms with Crippen LogP contribution in [0.2, 0.25) is 0 Å². The van der Waals surface area contributed by atoms with Crippen molar-refractivity contribution in [2.75, 3.05) is 19.8 Å². The third-order valence-corrected chi connectivity index (χ3v) is 3.56. The summed E-state index contributed by atoms with van der Waals surface area (Å²) in [5.41, 5.74) is 1.68. The van der Waals surface area contributed by atoms with E-state index in [-0.39, 0.29) is 24.4 Å². The molecule has 1 aliphatic heterocycles. The maximum Gasteiger partial charge on any atom is 0.221 e. The molecule has 1 aromatic heterocycles. The molecule has 0 spiro atoms. The van der Waals surface area contributed by atoms with E-state index in [4.69, 9.17) is 9.15 Å². The summed E-state index contributed by atoms with van der Waals surface area (Å²) in [5, 5.41) is 6.15. The lowest BCUT2D eigenvalue weighted by molar-refractivity contribution is -0.122. The fraction of sp³-hybridized carbons (Fsp3) is 0.375. The molecule has 7 heteroatoms. The van der Waals surface area contributed by atoms with Crippen LogP contribution in [-0.2, 0) is 16.1 Å². The molecule has 1 aromatic carbocycles. The van der Waals surface area contributed by atoms with Gasteiger partial charge < -0.3 is 19.8 Å². The SMILES string of the molecule is Cl.O=C(CC1COCCN1)NCc1ncoc1-c1ccccc1. The molecule has 0 radical (unpaired) electrons. The molecule has 1 saturated heterocycles. The van der Waals surface area contributed by atoms with E-state index in [9.17, 15) is 4.79 Å². The average Bonchev–Trinajstić information content (AvgIpc) is 3.03. The van der Waals surface area contributed by atoms with Crippen LogP contribution < -0.4 is 10.6 Å². The molecule has 1 unspecified atom stereocenters. The maximum atomic E-state index is 12.0. The fourth-order valence-electron chi connectivity index (χ4n) is 2.45. The van der Waals surface area contributed by atoms with Crippen LogP contribution >= 0.6 is 12.4 Å². The molecule has 1 atom stereocenters. The van der Waals surface area contributed by atoms with Crippen molar-refractivity contribution in [2.45, 2.75) is 19.0 Å². The Morgan fingerprint density at radius 3 is 2.91 bits per heavy atom. The number of amides is 1. The molecule has 2 heterocycles. The second kappa shape index (κ2) is 8.67. The highest BCUT2D eigenvalue weighted by molar-refractivity contribution is 5.85. The van der Waals surface area contributed by atoms with Gasteiger partial charge in [0.05, 0.1) is 19.8 Å². The number of carbonyl (C=O) groups excluding carboxylic acids is 1. The number of morpholine rings is 1. The van der Waals surface area contributed by atoms with Gasteiger partial charge in [-0.3, -0.25) is 4.79 Å². The van der Waals surface area contributed by atoms with Gasteiger partial charge in [0.15, 0.2) is 12.2 Å². The zero-order valence-corrected chi connectivity index (χ0v) is 13.5. The average molecular weight is 338 g/mol. The molecule has 0 saturated carbocycles. The van der Waals surface area contributed by atoms with Crippen LogP contribution in [0.1, 0.15) is 12.1 Å². The number of oxazole rings is 1. The van der Waals surface area contributed by atoms with Crippen molar-refractivity contribution in [2.24, 2.45) is 0 Å². The Balaban J connectivity index is 0.00000192. The molecule has 3 rings (SSSR count). The molecular weight excluding hydrogens is 318 g/mol. The van der Waals surface area contributed by atoms with E-state index in [1.54, 1.807) is 0 Å². The number of hydrogen-bond acceptors (Lipinski definition) is 5. The topological polar surface area (TPSA) is 76.4 Å². The van der Waals surface area contributed by atoms with Crippen molar-refractivity contribution in [3.05, 3.63) is 42.4 Å². The molecule has 0 aliphatic carbocycles. The minimum Gasteiger partial charge on any atom is -0.443 e. The van der Waals surface area contributed by atoms with E-state index in [0.717, 1.165) is 17.8 Å². The summed E-state index contributed by atoms with van der Waals surface area (Å²) in [7, 11) is 0. The van der Waals surface area contributed by atoms with Gasteiger partial charge in [0, 0.05) is 24.6 Å². The summed E-state index contributed by atoms with van der Waals surface area (Å²) in [5.74, 6) is 0.671. The minimum atomic E-state index is -0.0231. The Morgan fingerprint density at radius 2 is 2.17 bits per heavy atom. The van der Waals surface area contributed by atoms with E-state index < -0.39 is 0 Å². The normalized spacial score (nSPS) is 17.3. The highest BCUT2D eigenvalue weighted by Crippen LogP contribution is 2.22. The Labute approximate surface area is 141 Å². The second-order valence-corrected chi connectivity index (χ2v) is 5.20. The number of carbonyl (C=O) groups is 1. The number of ether oxygens (including phenoxy) is 1. The molecule has 23 heavy (non-hydrogen) atoms. The Hall–Kier alpha value is -1.89. The van der Waals surface area contributed by atoms with E-state index >= 15 is 0 Å². The van der Waals surface area contributed by atoms with Crippen LogP contribution in [0, 0.1) is 0 Å². The summed E-state index contributed by atoms with van der Waals surface area (Å²) in [6.45, 7) is 2.43. The van der Waals surface area contributed by atoms with Crippen molar-refractivity contribution >= 4 is 18.3 Å². The van der Waals surface area contributed by atoms with E-state index in [2.05, 4.69) is 15.6 Å². The number of hydrogen-bond donors (Lipinski definition) is 2. The van der Waals surface area contributed by atoms with Gasteiger partial charge in [-0.1, -0.05) is 30.3 Å². The van der Waals surface area contributed by atoms with Gasteiger partial charge in [0.25, 0.3) is 0 Å². The molecule has 2 N–H and O–H groups in total. The Morgan fingerprint density at radius 1 is 1.35 bits per heavy atom. The van der Waals surface area contributed by atoms with Crippen molar-refractivity contribution in [1.82, 2.24) is 15.6 Å². The van der Waals surface area contributed by atoms with E-state index in [1.165, 1.54) is 6.39 Å². The molecule has 2 aromatic rings. The van der Waals surface area contributed by atoms with Crippen molar-refractivity contribution in [3.63, 3.8) is 0 Å². The van der Waals surface area contributed by atoms with Gasteiger partial charge in [-0.2, -0.15) is 0 Å². The lowest BCUT2D eigenvalue weighted by Gasteiger charge is -2.23. The van der Waals surface area contributed by atoms with E-state index in [1.807, 2.05) is 30.3 Å². The molecule has 124 valence electrons. The first kappa shape index (κ1) is 17.5. The summed E-state index contributed by atoms with van der Waals surface area (Å²) in [6, 6.07) is 9.81. The zero-order valence-electron chi connectivity index (χ0n) is 12.7. The number of halogens is 1. The number of nitrogens with one attached hydrogen (secondary N) is 2. The quantitative estimate of drug-likeness (QED) is 0.869. The molecule has 1 aliphatic rings. The Kier molecular flexibility index (Phi) is 6.58. The second-order valence-electron chi connectivity index (χ2n) is 5.20. The fourth-order valence-corrected chi connectivity index (χ4v) is 2.45. The van der Waals surface area contributed by atoms with Gasteiger partial charge in [-0.15, -0.1) is 12.4 Å². The maximum absolute atomic E-state index is 12.0. The third-order valence-electron chi connectivity index (χ3n) is 3.56. The first-order chi connectivity index (χ1) is 10.8. The highest BCUT2D eigenvalue weighted by atomic mass is 35.5. The van der Waals surface area contributed by atoms with Crippen molar-refractivity contribution in [3.8, 4) is 11.3 Å². The number of nitrogens with zero attached hydrogens (tertiary/aromatic N) is 1. The van der Waals surface area contributed by atoms with Crippen LogP contribution in [-0.4, -0.2) is 36.7 Å². The van der Waals surface area contributed by atoms with Crippen molar-refractivity contribution < 1.29 is 13.9 Å². The standard InChI is InChI=1S/C16H19N3O3.ClH/c20-15(8-13-10-21-7-6-17-13)18-9-14-16(22-11-19-14)12-4-2-1-3-5-12;/h1-5,11,13,17H,6-10H2,(H,18,20);1H. The van der Waals surface area contributed by atoms with E-state index in [0.29, 0.717) is 31.9 Å². The lowest BCUT2D eigenvalue weighted by atomic mass is 10.1. The molecular formula is C16H20ClN3O3. The summed E-state index contributed by atoms with van der Waals surface area (Å²) >= 11 is 0. The minimum absolute atomic E-state index is 0. The van der Waals surface area contributed by atoms with Crippen LogP contribution in [0.3, 0.4) is 0 Å². The van der Waals surface area contributed by atoms with Gasteiger partial charge in [-0.05, 0) is 0 Å². The van der Waals surface area contributed by atoms with Crippen LogP contribution in [0.25, 0.3) is 11.3 Å². The number of aromatic nitrogens is 1. The summed E-state index contributed by atoms with van der Waals surface area (Å²) in [6.07, 6.45) is 1.80. The lowest BCUT2D eigenvalue weighted by Crippen LogP contribution is -2.44. The zero-order chi connectivity index (χ0) is 15.2. The highest BCUT2D eigenvalue weighted by Gasteiger charge is 2.17. The molecule has 0 bridgehead atoms. The van der Waals surface area contributed by atoms with Crippen LogP contribution in [0.5, 0.6) is 0 Å². The van der Waals surface area contributed by atoms with Gasteiger partial charge in [0.2, 0.25) is 5.91 Å². The monoisotopic (exact) mass is 337 g/mol. The van der Waals surface area contributed by atoms with Gasteiger partial charge >= 0.3 is 0 Å². The summed E-state index contributed by atoms with van der Waals surface area (Å²) in [4.78, 5) is 16.2. The van der Waals surface area contributed by atoms with Crippen molar-refractivity contribution in [1.29, 1.82) is 0 Å². The predicted octanol–water partition coefficient (Wildman–Crippen LogP) is 1.76.